The summed E-state index contributed by atoms with van der Waals surface area (Å²) in [7, 11) is 2.95. The second-order valence-electron chi connectivity index (χ2n) is 6.54. The normalized spacial score (nSPS) is 16.7. The number of halogens is 3. The molecule has 29 heavy (non-hydrogen) atoms. The van der Waals surface area contributed by atoms with Gasteiger partial charge < -0.3 is 19.7 Å². The van der Waals surface area contributed by atoms with Crippen molar-refractivity contribution in [2.24, 2.45) is 5.92 Å². The Bertz CT molecular complexity index is 908. The molecule has 0 spiro atoms. The maximum Gasteiger partial charge on any atom is 0.416 e. The maximum absolute atomic E-state index is 12.9. The molecule has 1 heterocycles. The summed E-state index contributed by atoms with van der Waals surface area (Å²) in [4.78, 5) is 26.1. The second-order valence-corrected chi connectivity index (χ2v) is 6.54. The highest BCUT2D eigenvalue weighted by Gasteiger charge is 2.37. The summed E-state index contributed by atoms with van der Waals surface area (Å²) in [6, 6.07) is 9.34. The summed E-state index contributed by atoms with van der Waals surface area (Å²) in [6.45, 7) is -0.00686. The molecule has 1 aliphatic heterocycles. The van der Waals surface area contributed by atoms with Gasteiger partial charge in [-0.15, -0.1) is 0 Å². The molecule has 2 amide bonds. The molecular formula is C20H19F3N2O4. The minimum Gasteiger partial charge on any atom is -0.497 e. The first-order valence-electron chi connectivity index (χ1n) is 8.73. The van der Waals surface area contributed by atoms with E-state index >= 15 is 0 Å². The number of carbonyl (C=O) groups excluding carboxylic acids is 2. The van der Waals surface area contributed by atoms with E-state index < -0.39 is 29.5 Å². The number of benzene rings is 2. The van der Waals surface area contributed by atoms with Gasteiger partial charge in [-0.2, -0.15) is 13.2 Å². The highest BCUT2D eigenvalue weighted by atomic mass is 19.4. The number of carbonyl (C=O) groups is 2. The number of nitrogens with zero attached hydrogens (tertiary/aromatic N) is 1. The van der Waals surface area contributed by atoms with E-state index in [1.165, 1.54) is 31.3 Å². The molecule has 9 heteroatoms. The van der Waals surface area contributed by atoms with Gasteiger partial charge in [-0.05, 0) is 18.2 Å². The van der Waals surface area contributed by atoms with Crippen molar-refractivity contribution in [1.82, 2.24) is 0 Å². The van der Waals surface area contributed by atoms with Crippen LogP contribution in [-0.2, 0) is 15.8 Å². The van der Waals surface area contributed by atoms with Crippen molar-refractivity contribution >= 4 is 23.2 Å². The fourth-order valence-corrected chi connectivity index (χ4v) is 3.11. The van der Waals surface area contributed by atoms with Crippen molar-refractivity contribution in [3.63, 3.8) is 0 Å². The largest absolute Gasteiger partial charge is 0.497 e. The summed E-state index contributed by atoms with van der Waals surface area (Å²) >= 11 is 0. The molecule has 1 aliphatic rings. The molecule has 0 radical (unpaired) electrons. The summed E-state index contributed by atoms with van der Waals surface area (Å²) in [5.41, 5.74) is -0.307. The lowest BCUT2D eigenvalue weighted by molar-refractivity contribution is -0.137. The number of methoxy groups -OCH3 is 2. The number of alkyl halides is 3. The second kappa shape index (κ2) is 8.02. The molecule has 0 aliphatic carbocycles. The quantitative estimate of drug-likeness (QED) is 0.819. The van der Waals surface area contributed by atoms with E-state index in [9.17, 15) is 22.8 Å². The average molecular weight is 408 g/mol. The van der Waals surface area contributed by atoms with E-state index in [1.807, 2.05) is 0 Å². The zero-order chi connectivity index (χ0) is 21.2. The van der Waals surface area contributed by atoms with E-state index in [0.29, 0.717) is 17.2 Å². The molecule has 2 aromatic rings. The van der Waals surface area contributed by atoms with Gasteiger partial charge in [0.05, 0.1) is 25.7 Å². The van der Waals surface area contributed by atoms with E-state index in [4.69, 9.17) is 9.47 Å². The number of rotatable bonds is 5. The van der Waals surface area contributed by atoms with Gasteiger partial charge >= 0.3 is 6.18 Å². The molecule has 154 valence electrons. The van der Waals surface area contributed by atoms with Crippen LogP contribution in [0.1, 0.15) is 12.0 Å². The molecule has 0 aromatic heterocycles. The molecule has 1 fully saturated rings. The minimum absolute atomic E-state index is 0.00686. The molecule has 0 saturated carbocycles. The van der Waals surface area contributed by atoms with Crippen molar-refractivity contribution in [1.29, 1.82) is 0 Å². The van der Waals surface area contributed by atoms with Gasteiger partial charge in [0.1, 0.15) is 11.5 Å². The van der Waals surface area contributed by atoms with Gasteiger partial charge in [0, 0.05) is 42.5 Å². The summed E-state index contributed by atoms with van der Waals surface area (Å²) in [5.74, 6) is -0.564. The highest BCUT2D eigenvalue weighted by Crippen LogP contribution is 2.34. The predicted molar refractivity (Wildman–Crippen MR) is 100 cm³/mol. The molecule has 1 N–H and O–H groups in total. The Balaban J connectivity index is 1.74. The van der Waals surface area contributed by atoms with Crippen LogP contribution >= 0.6 is 0 Å². The monoisotopic (exact) mass is 408 g/mol. The number of nitrogens with one attached hydrogen (secondary N) is 1. The van der Waals surface area contributed by atoms with Crippen LogP contribution in [0, 0.1) is 5.92 Å². The number of amides is 2. The van der Waals surface area contributed by atoms with Gasteiger partial charge in [0.2, 0.25) is 11.8 Å². The van der Waals surface area contributed by atoms with Crippen LogP contribution in [-0.4, -0.2) is 32.6 Å². The lowest BCUT2D eigenvalue weighted by Gasteiger charge is -2.18. The third kappa shape index (κ3) is 4.61. The van der Waals surface area contributed by atoms with E-state index in [0.717, 1.165) is 12.1 Å². The van der Waals surface area contributed by atoms with Gasteiger partial charge in [-0.1, -0.05) is 6.07 Å². The Kier molecular flexibility index (Phi) is 5.67. The van der Waals surface area contributed by atoms with Gasteiger partial charge in [0.25, 0.3) is 0 Å². The smallest absolute Gasteiger partial charge is 0.416 e. The zero-order valence-corrected chi connectivity index (χ0v) is 15.7. The summed E-state index contributed by atoms with van der Waals surface area (Å²) < 4.78 is 49.1. The molecular weight excluding hydrogens is 389 g/mol. The van der Waals surface area contributed by atoms with Crippen molar-refractivity contribution in [3.8, 4) is 11.5 Å². The van der Waals surface area contributed by atoms with Crippen LogP contribution < -0.4 is 19.7 Å². The lowest BCUT2D eigenvalue weighted by Crippen LogP contribution is -2.28. The molecule has 1 atom stereocenters. The van der Waals surface area contributed by atoms with Crippen molar-refractivity contribution in [3.05, 3.63) is 48.0 Å². The van der Waals surface area contributed by atoms with Crippen LogP contribution in [0.4, 0.5) is 24.5 Å². The third-order valence-electron chi connectivity index (χ3n) is 4.60. The van der Waals surface area contributed by atoms with Crippen molar-refractivity contribution in [2.75, 3.05) is 31.0 Å². The van der Waals surface area contributed by atoms with Gasteiger partial charge in [0.15, 0.2) is 0 Å². The fourth-order valence-electron chi connectivity index (χ4n) is 3.11. The summed E-state index contributed by atoms with van der Waals surface area (Å²) in [6.07, 6.45) is -4.61. The molecule has 0 unspecified atom stereocenters. The van der Waals surface area contributed by atoms with Crippen LogP contribution in [0.3, 0.4) is 0 Å². The minimum atomic E-state index is -4.51. The number of hydrogen-bond acceptors (Lipinski definition) is 4. The van der Waals surface area contributed by atoms with Crippen LogP contribution in [0.2, 0.25) is 0 Å². The maximum atomic E-state index is 12.9. The Hall–Kier alpha value is -3.23. The number of hydrogen-bond donors (Lipinski definition) is 1. The van der Waals surface area contributed by atoms with Crippen molar-refractivity contribution < 1.29 is 32.2 Å². The van der Waals surface area contributed by atoms with Crippen LogP contribution in [0.25, 0.3) is 0 Å². The standard InChI is InChI=1S/C20H19F3N2O4/c1-28-16-8-14(9-17(10-16)29-2)24-19(27)12-6-18(26)25(11-12)15-5-3-4-13(7-15)20(21,22)23/h3-5,7-10,12H,6,11H2,1-2H3,(H,24,27)/t12-/m0/s1. The van der Waals surface area contributed by atoms with E-state index in [-0.39, 0.29) is 18.7 Å². The molecule has 6 nitrogen and oxygen atoms in total. The van der Waals surface area contributed by atoms with Crippen LogP contribution in [0.15, 0.2) is 42.5 Å². The molecule has 1 saturated heterocycles. The Labute approximate surface area is 165 Å². The van der Waals surface area contributed by atoms with Gasteiger partial charge in [-0.3, -0.25) is 9.59 Å². The molecule has 3 rings (SSSR count). The zero-order valence-electron chi connectivity index (χ0n) is 15.7. The van der Waals surface area contributed by atoms with E-state index in [2.05, 4.69) is 5.32 Å². The number of anilines is 2. The fraction of sp³-hybridized carbons (Fsp3) is 0.300. The molecule has 0 bridgehead atoms. The topological polar surface area (TPSA) is 67.9 Å². The first-order valence-corrected chi connectivity index (χ1v) is 8.73. The Morgan fingerprint density at radius 2 is 1.76 bits per heavy atom. The first kappa shape index (κ1) is 20.5. The summed E-state index contributed by atoms with van der Waals surface area (Å²) in [5, 5.41) is 2.70. The van der Waals surface area contributed by atoms with Crippen LogP contribution in [0.5, 0.6) is 11.5 Å². The third-order valence-corrected chi connectivity index (χ3v) is 4.60. The average Bonchev–Trinajstić information content (AvgIpc) is 3.09. The Morgan fingerprint density at radius 3 is 2.34 bits per heavy atom. The van der Waals surface area contributed by atoms with E-state index in [1.54, 1.807) is 18.2 Å². The SMILES string of the molecule is COc1cc(NC(=O)[C@H]2CC(=O)N(c3cccc(C(F)(F)F)c3)C2)cc(OC)c1. The van der Waals surface area contributed by atoms with Crippen molar-refractivity contribution in [2.45, 2.75) is 12.6 Å². The van der Waals surface area contributed by atoms with Gasteiger partial charge in [-0.25, -0.2) is 0 Å². The first-order chi connectivity index (χ1) is 13.7. The predicted octanol–water partition coefficient (Wildman–Crippen LogP) is 3.71. The Morgan fingerprint density at radius 1 is 1.10 bits per heavy atom. The molecule has 2 aromatic carbocycles. The highest BCUT2D eigenvalue weighted by molar-refractivity contribution is 6.03. The lowest BCUT2D eigenvalue weighted by atomic mass is 10.1. The number of ether oxygens (including phenoxy) is 2.